The highest BCUT2D eigenvalue weighted by atomic mass is 35.5. The lowest BCUT2D eigenvalue weighted by Crippen LogP contribution is -2.21. The third-order valence-corrected chi connectivity index (χ3v) is 4.17. The zero-order chi connectivity index (χ0) is 16.2. The molecule has 0 atom stereocenters. The molecule has 23 heavy (non-hydrogen) atoms. The quantitative estimate of drug-likeness (QED) is 0.650. The molecule has 3 aromatic rings. The minimum Gasteiger partial charge on any atom is -0.493 e. The van der Waals surface area contributed by atoms with Crippen LogP contribution in [-0.2, 0) is 6.54 Å². The van der Waals surface area contributed by atoms with Gasteiger partial charge in [-0.1, -0.05) is 35.3 Å². The Morgan fingerprint density at radius 1 is 1.09 bits per heavy atom. The van der Waals surface area contributed by atoms with E-state index in [1.54, 1.807) is 35.2 Å². The molecule has 0 aliphatic rings. The maximum Gasteiger partial charge on any atom is 0.261 e. The fraction of sp³-hybridized carbons (Fsp3) is 0.176. The zero-order valence-electron chi connectivity index (χ0n) is 12.2. The van der Waals surface area contributed by atoms with Crippen LogP contribution in [0.5, 0.6) is 5.75 Å². The number of nitrogens with zero attached hydrogens (tertiary/aromatic N) is 2. The molecule has 0 saturated heterocycles. The van der Waals surface area contributed by atoms with Gasteiger partial charge in [0.2, 0.25) is 0 Å². The summed E-state index contributed by atoms with van der Waals surface area (Å²) in [7, 11) is 0. The van der Waals surface area contributed by atoms with E-state index in [2.05, 4.69) is 4.98 Å². The molecule has 4 nitrogen and oxygen atoms in total. The molecule has 6 heteroatoms. The highest BCUT2D eigenvalue weighted by Crippen LogP contribution is 2.26. The van der Waals surface area contributed by atoms with E-state index in [1.165, 1.54) is 0 Å². The van der Waals surface area contributed by atoms with Gasteiger partial charge in [0.05, 0.1) is 33.9 Å². The van der Waals surface area contributed by atoms with Crippen molar-refractivity contribution in [1.29, 1.82) is 0 Å². The average molecular weight is 349 g/mol. The summed E-state index contributed by atoms with van der Waals surface area (Å²) in [5.74, 6) is 0.656. The number of hydrogen-bond acceptors (Lipinski definition) is 3. The van der Waals surface area contributed by atoms with Crippen LogP contribution in [0.2, 0.25) is 10.0 Å². The maximum atomic E-state index is 12.3. The van der Waals surface area contributed by atoms with Crippen LogP contribution in [-0.4, -0.2) is 16.2 Å². The molecular weight excluding hydrogens is 335 g/mol. The number of fused-ring (bicyclic) bond motifs is 1. The van der Waals surface area contributed by atoms with Gasteiger partial charge in [0, 0.05) is 12.6 Å². The lowest BCUT2D eigenvalue weighted by Gasteiger charge is -2.09. The maximum absolute atomic E-state index is 12.3. The number of rotatable bonds is 5. The van der Waals surface area contributed by atoms with Gasteiger partial charge in [-0.25, -0.2) is 4.98 Å². The number of aryl methyl sites for hydroxylation is 1. The number of benzene rings is 2. The summed E-state index contributed by atoms with van der Waals surface area (Å²) in [6.45, 7) is 1.01. The Kier molecular flexibility index (Phi) is 4.84. The highest BCUT2D eigenvalue weighted by molar-refractivity contribution is 6.42. The second-order valence-corrected chi connectivity index (χ2v) is 5.85. The summed E-state index contributed by atoms with van der Waals surface area (Å²) >= 11 is 11.8. The third-order valence-electron chi connectivity index (χ3n) is 3.43. The van der Waals surface area contributed by atoms with E-state index in [1.807, 2.05) is 18.2 Å². The van der Waals surface area contributed by atoms with Crippen LogP contribution >= 0.6 is 23.2 Å². The van der Waals surface area contributed by atoms with Crippen molar-refractivity contribution in [2.24, 2.45) is 0 Å². The Balaban J connectivity index is 1.61. The van der Waals surface area contributed by atoms with E-state index in [0.717, 1.165) is 0 Å². The van der Waals surface area contributed by atoms with Crippen LogP contribution in [0.15, 0.2) is 53.6 Å². The van der Waals surface area contributed by atoms with Gasteiger partial charge in [-0.3, -0.25) is 9.36 Å². The van der Waals surface area contributed by atoms with Crippen molar-refractivity contribution in [3.05, 3.63) is 69.2 Å². The van der Waals surface area contributed by atoms with E-state index in [4.69, 9.17) is 27.9 Å². The van der Waals surface area contributed by atoms with Crippen LogP contribution in [0, 0.1) is 0 Å². The van der Waals surface area contributed by atoms with Crippen LogP contribution in [0.1, 0.15) is 6.42 Å². The van der Waals surface area contributed by atoms with Crippen LogP contribution < -0.4 is 10.3 Å². The molecule has 0 N–H and O–H groups in total. The standard InChI is InChI=1S/C17H14Cl2N2O2/c18-14-7-6-12(10-15(14)19)23-9-3-8-21-11-20-16-5-2-1-4-13(16)17(21)22/h1-2,4-7,10-11H,3,8-9H2. The molecule has 0 unspecified atom stereocenters. The third kappa shape index (κ3) is 3.66. The summed E-state index contributed by atoms with van der Waals surface area (Å²) in [5.41, 5.74) is 0.672. The van der Waals surface area contributed by atoms with Gasteiger partial charge in [-0.05, 0) is 30.7 Å². The fourth-order valence-electron chi connectivity index (χ4n) is 2.26. The Hall–Kier alpha value is -2.04. The van der Waals surface area contributed by atoms with Crippen molar-refractivity contribution < 1.29 is 4.74 Å². The van der Waals surface area contributed by atoms with Gasteiger partial charge in [-0.2, -0.15) is 0 Å². The lowest BCUT2D eigenvalue weighted by molar-refractivity contribution is 0.301. The molecule has 0 amide bonds. The predicted molar refractivity (Wildman–Crippen MR) is 92.6 cm³/mol. The van der Waals surface area contributed by atoms with Gasteiger partial charge < -0.3 is 4.74 Å². The summed E-state index contributed by atoms with van der Waals surface area (Å²) in [6, 6.07) is 12.4. The molecule has 0 aliphatic carbocycles. The number of ether oxygens (including phenoxy) is 1. The Morgan fingerprint density at radius 2 is 1.91 bits per heavy atom. The van der Waals surface area contributed by atoms with Crippen molar-refractivity contribution in [3.63, 3.8) is 0 Å². The van der Waals surface area contributed by atoms with Crippen molar-refractivity contribution in [2.75, 3.05) is 6.61 Å². The molecular formula is C17H14Cl2N2O2. The molecule has 0 spiro atoms. The molecule has 2 aromatic carbocycles. The molecule has 0 saturated carbocycles. The van der Waals surface area contributed by atoms with Crippen molar-refractivity contribution in [1.82, 2.24) is 9.55 Å². The fourth-order valence-corrected chi connectivity index (χ4v) is 2.55. The number of halogens is 2. The monoisotopic (exact) mass is 348 g/mol. The minimum absolute atomic E-state index is 0.0369. The topological polar surface area (TPSA) is 44.1 Å². The molecule has 1 aromatic heterocycles. The van der Waals surface area contributed by atoms with E-state index >= 15 is 0 Å². The number of para-hydroxylation sites is 1. The smallest absolute Gasteiger partial charge is 0.261 e. The lowest BCUT2D eigenvalue weighted by atomic mass is 10.2. The van der Waals surface area contributed by atoms with Gasteiger partial charge in [0.15, 0.2) is 0 Å². The van der Waals surface area contributed by atoms with Crippen LogP contribution in [0.25, 0.3) is 10.9 Å². The minimum atomic E-state index is -0.0369. The second kappa shape index (κ2) is 7.02. The van der Waals surface area contributed by atoms with Gasteiger partial charge in [0.25, 0.3) is 5.56 Å². The van der Waals surface area contributed by atoms with Crippen LogP contribution in [0.3, 0.4) is 0 Å². The van der Waals surface area contributed by atoms with E-state index < -0.39 is 0 Å². The molecule has 0 radical (unpaired) electrons. The van der Waals surface area contributed by atoms with Crippen molar-refractivity contribution in [2.45, 2.75) is 13.0 Å². The first-order valence-electron chi connectivity index (χ1n) is 7.17. The van der Waals surface area contributed by atoms with E-state index in [0.29, 0.717) is 46.3 Å². The van der Waals surface area contributed by atoms with E-state index in [9.17, 15) is 4.79 Å². The van der Waals surface area contributed by atoms with Crippen LogP contribution in [0.4, 0.5) is 0 Å². The summed E-state index contributed by atoms with van der Waals surface area (Å²) < 4.78 is 7.21. The number of aromatic nitrogens is 2. The highest BCUT2D eigenvalue weighted by Gasteiger charge is 2.04. The normalized spacial score (nSPS) is 10.9. The Morgan fingerprint density at radius 3 is 2.74 bits per heavy atom. The first-order valence-corrected chi connectivity index (χ1v) is 7.93. The number of hydrogen-bond donors (Lipinski definition) is 0. The van der Waals surface area contributed by atoms with Gasteiger partial charge >= 0.3 is 0 Å². The summed E-state index contributed by atoms with van der Waals surface area (Å²) in [5, 5.41) is 1.58. The van der Waals surface area contributed by atoms with E-state index in [-0.39, 0.29) is 5.56 Å². The van der Waals surface area contributed by atoms with Gasteiger partial charge in [-0.15, -0.1) is 0 Å². The second-order valence-electron chi connectivity index (χ2n) is 5.04. The Labute approximate surface area is 143 Å². The molecule has 0 aliphatic heterocycles. The largest absolute Gasteiger partial charge is 0.493 e. The van der Waals surface area contributed by atoms with Crippen molar-refractivity contribution in [3.8, 4) is 5.75 Å². The zero-order valence-corrected chi connectivity index (χ0v) is 13.7. The molecule has 1 heterocycles. The SMILES string of the molecule is O=c1c2ccccc2ncn1CCCOc1ccc(Cl)c(Cl)c1. The molecule has 3 rings (SSSR count). The molecule has 0 fully saturated rings. The predicted octanol–water partition coefficient (Wildman–Crippen LogP) is 4.17. The first kappa shape index (κ1) is 15.8. The molecule has 118 valence electrons. The molecule has 0 bridgehead atoms. The summed E-state index contributed by atoms with van der Waals surface area (Å²) in [6.07, 6.45) is 2.25. The van der Waals surface area contributed by atoms with Gasteiger partial charge in [0.1, 0.15) is 5.75 Å². The summed E-state index contributed by atoms with van der Waals surface area (Å²) in [4.78, 5) is 16.6. The average Bonchev–Trinajstić information content (AvgIpc) is 2.57. The first-order chi connectivity index (χ1) is 11.1. The van der Waals surface area contributed by atoms with Crippen molar-refractivity contribution >= 4 is 34.1 Å². The Bertz CT molecular complexity index is 893.